The van der Waals surface area contributed by atoms with Gasteiger partial charge in [-0.2, -0.15) is 0 Å². The highest BCUT2D eigenvalue weighted by molar-refractivity contribution is 6.04. The van der Waals surface area contributed by atoms with Crippen LogP contribution in [0.15, 0.2) is 12.1 Å². The molecule has 0 saturated heterocycles. The molecule has 18 heavy (non-hydrogen) atoms. The van der Waals surface area contributed by atoms with Gasteiger partial charge in [-0.05, 0) is 19.1 Å². The van der Waals surface area contributed by atoms with Gasteiger partial charge in [0.05, 0.1) is 17.7 Å². The number of hydrogen-bond donors (Lipinski definition) is 3. The van der Waals surface area contributed by atoms with E-state index in [9.17, 15) is 18.4 Å². The molecule has 0 bridgehead atoms. The Morgan fingerprint density at radius 1 is 1.28 bits per heavy atom. The van der Waals surface area contributed by atoms with Gasteiger partial charge in [-0.1, -0.05) is 0 Å². The molecule has 98 valence electrons. The number of carboxylic acids is 1. The predicted molar refractivity (Wildman–Crippen MR) is 57.3 cm³/mol. The van der Waals surface area contributed by atoms with Gasteiger partial charge in [0.25, 0.3) is 5.91 Å². The van der Waals surface area contributed by atoms with Gasteiger partial charge < -0.3 is 15.5 Å². The Balaban J connectivity index is 3.18. The Labute approximate surface area is 101 Å². The number of benzene rings is 1. The highest BCUT2D eigenvalue weighted by Crippen LogP contribution is 2.15. The SMILES string of the molecule is C[C@H](CO)NC(=O)c1cc(F)c(F)cc1C(=O)O. The molecule has 0 heterocycles. The van der Waals surface area contributed by atoms with E-state index >= 15 is 0 Å². The third kappa shape index (κ3) is 3.01. The van der Waals surface area contributed by atoms with Crippen LogP contribution in [0.3, 0.4) is 0 Å². The summed E-state index contributed by atoms with van der Waals surface area (Å²) >= 11 is 0. The summed E-state index contributed by atoms with van der Waals surface area (Å²) in [6, 6.07) is 0.321. The summed E-state index contributed by atoms with van der Waals surface area (Å²) < 4.78 is 25.9. The Kier molecular flexibility index (Phi) is 4.33. The first kappa shape index (κ1) is 14.0. The van der Waals surface area contributed by atoms with E-state index in [1.54, 1.807) is 0 Å². The zero-order chi connectivity index (χ0) is 13.9. The van der Waals surface area contributed by atoms with Crippen LogP contribution in [0.5, 0.6) is 0 Å². The third-order valence-corrected chi connectivity index (χ3v) is 2.19. The molecule has 0 unspecified atom stereocenters. The fourth-order valence-electron chi connectivity index (χ4n) is 1.26. The summed E-state index contributed by atoms with van der Waals surface area (Å²) in [5, 5.41) is 19.8. The Hall–Kier alpha value is -2.02. The lowest BCUT2D eigenvalue weighted by molar-refractivity contribution is 0.0689. The van der Waals surface area contributed by atoms with Gasteiger partial charge >= 0.3 is 5.97 Å². The molecular formula is C11H11F2NO4. The molecule has 0 aromatic heterocycles. The van der Waals surface area contributed by atoms with Crippen molar-refractivity contribution < 1.29 is 28.6 Å². The fraction of sp³-hybridized carbons (Fsp3) is 0.273. The molecule has 1 aromatic carbocycles. The highest BCUT2D eigenvalue weighted by Gasteiger charge is 2.21. The standard InChI is InChI=1S/C11H11F2NO4/c1-5(4-15)14-10(16)6-2-8(12)9(13)3-7(6)11(17)18/h2-3,5,15H,4H2,1H3,(H,14,16)(H,17,18)/t5-/m1/s1. The minimum Gasteiger partial charge on any atom is -0.478 e. The zero-order valence-corrected chi connectivity index (χ0v) is 9.41. The third-order valence-electron chi connectivity index (χ3n) is 2.19. The Bertz CT molecular complexity index is 490. The van der Waals surface area contributed by atoms with Gasteiger partial charge in [-0.3, -0.25) is 4.79 Å². The number of carbonyl (C=O) groups is 2. The molecule has 3 N–H and O–H groups in total. The number of amides is 1. The lowest BCUT2D eigenvalue weighted by Crippen LogP contribution is -2.36. The summed E-state index contributed by atoms with van der Waals surface area (Å²) in [5.74, 6) is -5.11. The van der Waals surface area contributed by atoms with Gasteiger partial charge in [0.15, 0.2) is 11.6 Å². The number of hydrogen-bond acceptors (Lipinski definition) is 3. The Morgan fingerprint density at radius 2 is 1.78 bits per heavy atom. The summed E-state index contributed by atoms with van der Waals surface area (Å²) in [4.78, 5) is 22.5. The van der Waals surface area contributed by atoms with E-state index in [0.717, 1.165) is 0 Å². The van der Waals surface area contributed by atoms with E-state index in [1.807, 2.05) is 0 Å². The topological polar surface area (TPSA) is 86.6 Å². The average molecular weight is 259 g/mol. The molecule has 0 aliphatic rings. The average Bonchev–Trinajstić information content (AvgIpc) is 2.31. The van der Waals surface area contributed by atoms with Crippen LogP contribution in [0.2, 0.25) is 0 Å². The number of nitrogens with one attached hydrogen (secondary N) is 1. The van der Waals surface area contributed by atoms with Crippen LogP contribution < -0.4 is 5.32 Å². The van der Waals surface area contributed by atoms with Gasteiger partial charge in [0, 0.05) is 6.04 Å². The molecule has 1 rings (SSSR count). The highest BCUT2D eigenvalue weighted by atomic mass is 19.2. The first-order valence-corrected chi connectivity index (χ1v) is 5.01. The van der Waals surface area contributed by atoms with Crippen molar-refractivity contribution in [3.05, 3.63) is 34.9 Å². The summed E-state index contributed by atoms with van der Waals surface area (Å²) in [5.41, 5.74) is -1.14. The molecule has 0 aliphatic carbocycles. The van der Waals surface area contributed by atoms with Crippen molar-refractivity contribution >= 4 is 11.9 Å². The second kappa shape index (κ2) is 5.54. The number of aliphatic hydroxyl groups excluding tert-OH is 1. The second-order valence-corrected chi connectivity index (χ2v) is 3.67. The van der Waals surface area contributed by atoms with Crippen LogP contribution in [-0.2, 0) is 0 Å². The van der Waals surface area contributed by atoms with Crippen molar-refractivity contribution in [1.82, 2.24) is 5.32 Å². The molecule has 0 aliphatic heterocycles. The van der Waals surface area contributed by atoms with E-state index in [-0.39, 0.29) is 6.61 Å². The lowest BCUT2D eigenvalue weighted by atomic mass is 10.1. The number of halogens is 2. The van der Waals surface area contributed by atoms with Gasteiger partial charge in [0.1, 0.15) is 0 Å². The van der Waals surface area contributed by atoms with Crippen molar-refractivity contribution in [3.8, 4) is 0 Å². The molecule has 0 saturated carbocycles. The maximum atomic E-state index is 13.0. The minimum absolute atomic E-state index is 0.363. The molecule has 1 atom stereocenters. The number of carbonyl (C=O) groups excluding carboxylic acids is 1. The maximum Gasteiger partial charge on any atom is 0.336 e. The largest absolute Gasteiger partial charge is 0.478 e. The fourth-order valence-corrected chi connectivity index (χ4v) is 1.26. The van der Waals surface area contributed by atoms with Crippen molar-refractivity contribution in [1.29, 1.82) is 0 Å². The smallest absolute Gasteiger partial charge is 0.336 e. The normalized spacial score (nSPS) is 12.0. The number of aromatic carboxylic acids is 1. The molecule has 7 heteroatoms. The van der Waals surface area contributed by atoms with Crippen LogP contribution in [0, 0.1) is 11.6 Å². The molecule has 0 fully saturated rings. The minimum atomic E-state index is -1.55. The first-order chi connectivity index (χ1) is 8.36. The van der Waals surface area contributed by atoms with E-state index in [2.05, 4.69) is 5.32 Å². The molecule has 5 nitrogen and oxygen atoms in total. The van der Waals surface area contributed by atoms with Crippen molar-refractivity contribution in [2.24, 2.45) is 0 Å². The van der Waals surface area contributed by atoms with Crippen LogP contribution in [0.4, 0.5) is 8.78 Å². The summed E-state index contributed by atoms with van der Waals surface area (Å²) in [6.45, 7) is 1.11. The van der Waals surface area contributed by atoms with E-state index in [0.29, 0.717) is 12.1 Å². The summed E-state index contributed by atoms with van der Waals surface area (Å²) in [7, 11) is 0. The van der Waals surface area contributed by atoms with Crippen LogP contribution in [0.1, 0.15) is 27.6 Å². The van der Waals surface area contributed by atoms with Gasteiger partial charge in [0.2, 0.25) is 0 Å². The van der Waals surface area contributed by atoms with E-state index < -0.39 is 40.7 Å². The molecule has 0 spiro atoms. The summed E-state index contributed by atoms with van der Waals surface area (Å²) in [6.07, 6.45) is 0. The monoisotopic (exact) mass is 259 g/mol. The van der Waals surface area contributed by atoms with Crippen molar-refractivity contribution in [2.75, 3.05) is 6.61 Å². The van der Waals surface area contributed by atoms with Gasteiger partial charge in [-0.15, -0.1) is 0 Å². The van der Waals surface area contributed by atoms with Crippen LogP contribution >= 0.6 is 0 Å². The number of rotatable bonds is 4. The maximum absolute atomic E-state index is 13.0. The predicted octanol–water partition coefficient (Wildman–Crippen LogP) is 0.774. The van der Waals surface area contributed by atoms with E-state index in [1.165, 1.54) is 6.92 Å². The zero-order valence-electron chi connectivity index (χ0n) is 9.41. The second-order valence-electron chi connectivity index (χ2n) is 3.67. The molecular weight excluding hydrogens is 248 g/mol. The van der Waals surface area contributed by atoms with Crippen LogP contribution in [-0.4, -0.2) is 34.7 Å². The van der Waals surface area contributed by atoms with Crippen LogP contribution in [0.25, 0.3) is 0 Å². The Morgan fingerprint density at radius 3 is 2.22 bits per heavy atom. The lowest BCUT2D eigenvalue weighted by Gasteiger charge is -2.12. The number of carboxylic acid groups (broad SMARTS) is 1. The molecule has 0 radical (unpaired) electrons. The number of aliphatic hydroxyl groups is 1. The molecule has 1 aromatic rings. The molecule has 1 amide bonds. The van der Waals surface area contributed by atoms with Crippen molar-refractivity contribution in [2.45, 2.75) is 13.0 Å². The first-order valence-electron chi connectivity index (χ1n) is 5.01. The van der Waals surface area contributed by atoms with Crippen molar-refractivity contribution in [3.63, 3.8) is 0 Å². The van der Waals surface area contributed by atoms with E-state index in [4.69, 9.17) is 10.2 Å². The van der Waals surface area contributed by atoms with Gasteiger partial charge in [-0.25, -0.2) is 13.6 Å². The quantitative estimate of drug-likeness (QED) is 0.745.